The smallest absolute Gasteiger partial charge is 0.227 e. The number of thiazole rings is 1. The third-order valence-electron chi connectivity index (χ3n) is 3.25. The topological polar surface area (TPSA) is 51.2 Å². The molecule has 0 aliphatic heterocycles. The van der Waals surface area contributed by atoms with E-state index in [0.717, 1.165) is 30.0 Å². The van der Waals surface area contributed by atoms with Gasteiger partial charge in [-0.15, -0.1) is 11.3 Å². The number of carbonyl (C=O) groups is 1. The molecule has 1 fully saturated rings. The number of hydrogen-bond donors (Lipinski definition) is 1. The molecule has 1 heterocycles. The Hall–Kier alpha value is -0.940. The quantitative estimate of drug-likeness (QED) is 0.909. The van der Waals surface area contributed by atoms with Crippen LogP contribution in [0.3, 0.4) is 0 Å². The van der Waals surface area contributed by atoms with Crippen molar-refractivity contribution >= 4 is 17.2 Å². The SMILES string of the molecule is CCc1csc(CC(=O)NC2CC(OC(C)(C)C)C2)n1. The van der Waals surface area contributed by atoms with E-state index in [2.05, 4.69) is 38.0 Å². The van der Waals surface area contributed by atoms with Crippen molar-refractivity contribution in [3.05, 3.63) is 16.1 Å². The van der Waals surface area contributed by atoms with Gasteiger partial charge in [0.05, 0.1) is 23.8 Å². The number of rotatable bonds is 5. The number of ether oxygens (including phenoxy) is 1. The normalized spacial score (nSPS) is 22.4. The van der Waals surface area contributed by atoms with Crippen molar-refractivity contribution in [2.45, 2.75) is 71.1 Å². The van der Waals surface area contributed by atoms with Crippen LogP contribution >= 0.6 is 11.3 Å². The largest absolute Gasteiger partial charge is 0.372 e. The van der Waals surface area contributed by atoms with E-state index in [1.54, 1.807) is 11.3 Å². The lowest BCUT2D eigenvalue weighted by molar-refractivity contribution is -0.127. The van der Waals surface area contributed by atoms with Gasteiger partial charge in [-0.25, -0.2) is 4.98 Å². The highest BCUT2D eigenvalue weighted by atomic mass is 32.1. The second-order valence-electron chi connectivity index (χ2n) is 6.35. The van der Waals surface area contributed by atoms with E-state index in [4.69, 9.17) is 4.74 Å². The molecule has 5 heteroatoms. The van der Waals surface area contributed by atoms with Crippen LogP contribution in [0.5, 0.6) is 0 Å². The van der Waals surface area contributed by atoms with E-state index in [-0.39, 0.29) is 23.7 Å². The first kappa shape index (κ1) is 15.4. The number of nitrogens with one attached hydrogen (secondary N) is 1. The predicted molar refractivity (Wildman–Crippen MR) is 81.0 cm³/mol. The van der Waals surface area contributed by atoms with Crippen LogP contribution < -0.4 is 5.32 Å². The molecule has 0 atom stereocenters. The zero-order valence-corrected chi connectivity index (χ0v) is 13.5. The molecule has 1 aromatic rings. The van der Waals surface area contributed by atoms with E-state index >= 15 is 0 Å². The van der Waals surface area contributed by atoms with E-state index in [1.165, 1.54) is 0 Å². The van der Waals surface area contributed by atoms with Crippen molar-refractivity contribution in [1.29, 1.82) is 0 Å². The number of nitrogens with zero attached hydrogens (tertiary/aromatic N) is 1. The van der Waals surface area contributed by atoms with E-state index in [1.807, 2.05) is 5.38 Å². The van der Waals surface area contributed by atoms with E-state index in [9.17, 15) is 4.79 Å². The summed E-state index contributed by atoms with van der Waals surface area (Å²) in [6.07, 6.45) is 3.44. The minimum absolute atomic E-state index is 0.0706. The van der Waals surface area contributed by atoms with Gasteiger partial charge < -0.3 is 10.1 Å². The Morgan fingerprint density at radius 3 is 2.75 bits per heavy atom. The second kappa shape index (κ2) is 6.22. The predicted octanol–water partition coefficient (Wildman–Crippen LogP) is 2.71. The molecule has 112 valence electrons. The third-order valence-corrected chi connectivity index (χ3v) is 4.15. The minimum Gasteiger partial charge on any atom is -0.372 e. The van der Waals surface area contributed by atoms with Crippen molar-refractivity contribution < 1.29 is 9.53 Å². The number of hydrogen-bond acceptors (Lipinski definition) is 4. The molecule has 20 heavy (non-hydrogen) atoms. The first-order valence-corrected chi connectivity index (χ1v) is 8.14. The lowest BCUT2D eigenvalue weighted by Crippen LogP contribution is -2.50. The van der Waals surface area contributed by atoms with Crippen LogP contribution in [0.2, 0.25) is 0 Å². The van der Waals surface area contributed by atoms with Gasteiger partial charge in [0.1, 0.15) is 5.01 Å². The summed E-state index contributed by atoms with van der Waals surface area (Å²) in [7, 11) is 0. The summed E-state index contributed by atoms with van der Waals surface area (Å²) in [5.74, 6) is 0.0706. The van der Waals surface area contributed by atoms with Gasteiger partial charge in [-0.3, -0.25) is 4.79 Å². The Bertz CT molecular complexity index is 459. The van der Waals surface area contributed by atoms with Gasteiger partial charge in [-0.05, 0) is 40.0 Å². The molecule has 2 rings (SSSR count). The highest BCUT2D eigenvalue weighted by molar-refractivity contribution is 7.09. The molecule has 1 saturated carbocycles. The zero-order chi connectivity index (χ0) is 14.8. The van der Waals surface area contributed by atoms with Gasteiger partial charge in [0.15, 0.2) is 0 Å². The molecule has 1 aliphatic rings. The summed E-state index contributed by atoms with van der Waals surface area (Å²) in [4.78, 5) is 16.3. The summed E-state index contributed by atoms with van der Waals surface area (Å²) in [6, 6.07) is 0.264. The van der Waals surface area contributed by atoms with Gasteiger partial charge in [-0.1, -0.05) is 6.92 Å². The van der Waals surface area contributed by atoms with Crippen LogP contribution in [0.25, 0.3) is 0 Å². The van der Waals surface area contributed by atoms with Crippen molar-refractivity contribution in [3.63, 3.8) is 0 Å². The molecule has 4 nitrogen and oxygen atoms in total. The Morgan fingerprint density at radius 1 is 1.50 bits per heavy atom. The second-order valence-corrected chi connectivity index (χ2v) is 7.29. The molecule has 1 aromatic heterocycles. The first-order chi connectivity index (χ1) is 9.35. The van der Waals surface area contributed by atoms with Crippen LogP contribution in [0, 0.1) is 0 Å². The lowest BCUT2D eigenvalue weighted by atomic mass is 9.88. The maximum absolute atomic E-state index is 11.9. The summed E-state index contributed by atoms with van der Waals surface area (Å²) in [6.45, 7) is 8.26. The molecule has 1 N–H and O–H groups in total. The lowest BCUT2D eigenvalue weighted by Gasteiger charge is -2.39. The van der Waals surface area contributed by atoms with Gasteiger partial charge in [0, 0.05) is 11.4 Å². The fraction of sp³-hybridized carbons (Fsp3) is 0.733. The molecule has 0 unspecified atom stereocenters. The first-order valence-electron chi connectivity index (χ1n) is 7.26. The number of aromatic nitrogens is 1. The molecule has 0 bridgehead atoms. The van der Waals surface area contributed by atoms with Crippen molar-refractivity contribution in [3.8, 4) is 0 Å². The third kappa shape index (κ3) is 4.56. The molecular weight excluding hydrogens is 272 g/mol. The number of aryl methyl sites for hydroxylation is 1. The van der Waals surface area contributed by atoms with Gasteiger partial charge in [0.2, 0.25) is 5.91 Å². The van der Waals surface area contributed by atoms with Gasteiger partial charge >= 0.3 is 0 Å². The van der Waals surface area contributed by atoms with Crippen LogP contribution in [-0.4, -0.2) is 28.6 Å². The number of amides is 1. The maximum atomic E-state index is 11.9. The van der Waals surface area contributed by atoms with Crippen molar-refractivity contribution in [2.24, 2.45) is 0 Å². The molecule has 0 aromatic carbocycles. The van der Waals surface area contributed by atoms with Crippen LogP contribution in [0.15, 0.2) is 5.38 Å². The highest BCUT2D eigenvalue weighted by Gasteiger charge is 2.33. The van der Waals surface area contributed by atoms with Gasteiger partial charge in [0.25, 0.3) is 0 Å². The van der Waals surface area contributed by atoms with Crippen molar-refractivity contribution in [2.75, 3.05) is 0 Å². The Morgan fingerprint density at radius 2 is 2.20 bits per heavy atom. The minimum atomic E-state index is -0.100. The molecule has 0 radical (unpaired) electrons. The molecule has 0 spiro atoms. The monoisotopic (exact) mass is 296 g/mol. The summed E-state index contributed by atoms with van der Waals surface area (Å²) in [5, 5.41) is 5.99. The molecule has 1 aliphatic carbocycles. The van der Waals surface area contributed by atoms with Crippen molar-refractivity contribution in [1.82, 2.24) is 10.3 Å². The fourth-order valence-electron chi connectivity index (χ4n) is 2.29. The summed E-state index contributed by atoms with van der Waals surface area (Å²) < 4.78 is 5.86. The summed E-state index contributed by atoms with van der Waals surface area (Å²) in [5.41, 5.74) is 0.969. The average molecular weight is 296 g/mol. The molecule has 0 saturated heterocycles. The Balaban J connectivity index is 1.69. The number of carbonyl (C=O) groups excluding carboxylic acids is 1. The fourth-order valence-corrected chi connectivity index (χ4v) is 3.16. The molecular formula is C15H24N2O2S. The zero-order valence-electron chi connectivity index (χ0n) is 12.7. The van der Waals surface area contributed by atoms with E-state index in [0.29, 0.717) is 6.42 Å². The van der Waals surface area contributed by atoms with Crippen LogP contribution in [0.4, 0.5) is 0 Å². The standard InChI is InChI=1S/C15H24N2O2S/c1-5-10-9-20-14(17-10)8-13(18)16-11-6-12(7-11)19-15(2,3)4/h9,11-12H,5-8H2,1-4H3,(H,16,18). The maximum Gasteiger partial charge on any atom is 0.227 e. The highest BCUT2D eigenvalue weighted by Crippen LogP contribution is 2.27. The van der Waals surface area contributed by atoms with E-state index < -0.39 is 0 Å². The average Bonchev–Trinajstić information content (AvgIpc) is 2.72. The Kier molecular flexibility index (Phi) is 4.81. The van der Waals surface area contributed by atoms with Crippen LogP contribution in [0.1, 0.15) is 51.2 Å². The Labute approximate surface area is 124 Å². The molecule has 1 amide bonds. The van der Waals surface area contributed by atoms with Crippen LogP contribution in [-0.2, 0) is 22.4 Å². The summed E-state index contributed by atoms with van der Waals surface area (Å²) >= 11 is 1.57. The van der Waals surface area contributed by atoms with Gasteiger partial charge in [-0.2, -0.15) is 0 Å².